The SMILES string of the molecule is CCc1cc(N2CCC(NC(=O)[C@H]3CCCCN3)CC2)ncn1.Cl.Cl. The smallest absolute Gasteiger partial charge is 0.237 e. The normalized spacial score (nSPS) is 21.0. The Kier molecular flexibility index (Phi) is 9.46. The number of nitrogens with zero attached hydrogens (tertiary/aromatic N) is 3. The van der Waals surface area contributed by atoms with Crippen LogP contribution in [0.2, 0.25) is 0 Å². The minimum Gasteiger partial charge on any atom is -0.356 e. The van der Waals surface area contributed by atoms with Gasteiger partial charge in [0.2, 0.25) is 5.91 Å². The van der Waals surface area contributed by atoms with Crippen LogP contribution >= 0.6 is 24.8 Å². The van der Waals surface area contributed by atoms with Gasteiger partial charge in [0, 0.05) is 30.9 Å². The van der Waals surface area contributed by atoms with Gasteiger partial charge in [0.15, 0.2) is 0 Å². The highest BCUT2D eigenvalue weighted by Crippen LogP contribution is 2.18. The zero-order chi connectivity index (χ0) is 16.1. The molecule has 8 heteroatoms. The van der Waals surface area contributed by atoms with E-state index in [9.17, 15) is 4.79 Å². The van der Waals surface area contributed by atoms with Crippen molar-refractivity contribution in [1.82, 2.24) is 20.6 Å². The van der Waals surface area contributed by atoms with Gasteiger partial charge in [0.05, 0.1) is 6.04 Å². The first-order valence-electron chi connectivity index (χ1n) is 8.86. The van der Waals surface area contributed by atoms with Crippen LogP contribution in [-0.2, 0) is 11.2 Å². The highest BCUT2D eigenvalue weighted by atomic mass is 35.5. The van der Waals surface area contributed by atoms with Crippen molar-refractivity contribution < 1.29 is 4.79 Å². The summed E-state index contributed by atoms with van der Waals surface area (Å²) in [6.07, 6.45) is 7.82. The number of aryl methyl sites for hydroxylation is 1. The molecular weight excluding hydrogens is 361 g/mol. The van der Waals surface area contributed by atoms with Crippen molar-refractivity contribution in [3.05, 3.63) is 18.1 Å². The topological polar surface area (TPSA) is 70.2 Å². The maximum Gasteiger partial charge on any atom is 0.237 e. The molecule has 0 saturated carbocycles. The molecule has 6 nitrogen and oxygen atoms in total. The molecule has 0 unspecified atom stereocenters. The number of carbonyl (C=O) groups is 1. The molecule has 142 valence electrons. The van der Waals surface area contributed by atoms with Gasteiger partial charge in [-0.15, -0.1) is 24.8 Å². The third kappa shape index (κ3) is 5.97. The average molecular weight is 390 g/mol. The van der Waals surface area contributed by atoms with E-state index in [1.165, 1.54) is 6.42 Å². The van der Waals surface area contributed by atoms with E-state index in [1.54, 1.807) is 6.33 Å². The quantitative estimate of drug-likeness (QED) is 0.824. The fourth-order valence-electron chi connectivity index (χ4n) is 3.38. The van der Waals surface area contributed by atoms with Gasteiger partial charge in [-0.1, -0.05) is 13.3 Å². The van der Waals surface area contributed by atoms with Crippen molar-refractivity contribution in [2.75, 3.05) is 24.5 Å². The summed E-state index contributed by atoms with van der Waals surface area (Å²) in [4.78, 5) is 23.2. The Morgan fingerprint density at radius 3 is 2.64 bits per heavy atom. The predicted molar refractivity (Wildman–Crippen MR) is 105 cm³/mol. The number of anilines is 1. The van der Waals surface area contributed by atoms with Crippen LogP contribution in [0.4, 0.5) is 5.82 Å². The lowest BCUT2D eigenvalue weighted by molar-refractivity contribution is -0.124. The lowest BCUT2D eigenvalue weighted by Gasteiger charge is -2.34. The number of nitrogens with one attached hydrogen (secondary N) is 2. The molecule has 2 fully saturated rings. The van der Waals surface area contributed by atoms with Crippen LogP contribution in [0.5, 0.6) is 0 Å². The van der Waals surface area contributed by atoms with Gasteiger partial charge >= 0.3 is 0 Å². The molecule has 2 N–H and O–H groups in total. The third-order valence-corrected chi connectivity index (χ3v) is 4.86. The summed E-state index contributed by atoms with van der Waals surface area (Å²) in [6.45, 7) is 4.93. The molecule has 2 aliphatic heterocycles. The van der Waals surface area contributed by atoms with Crippen molar-refractivity contribution in [1.29, 1.82) is 0 Å². The molecule has 1 atom stereocenters. The Balaban J connectivity index is 0.00000156. The number of hydrogen-bond acceptors (Lipinski definition) is 5. The molecule has 3 heterocycles. The molecule has 1 aromatic heterocycles. The van der Waals surface area contributed by atoms with Crippen LogP contribution in [0.25, 0.3) is 0 Å². The van der Waals surface area contributed by atoms with Gasteiger partial charge in [-0.05, 0) is 38.6 Å². The molecule has 2 aliphatic rings. The Hall–Kier alpha value is -1.11. The van der Waals surface area contributed by atoms with Crippen LogP contribution in [-0.4, -0.2) is 47.6 Å². The molecule has 1 amide bonds. The van der Waals surface area contributed by atoms with Crippen molar-refractivity contribution in [2.24, 2.45) is 0 Å². The summed E-state index contributed by atoms with van der Waals surface area (Å²) in [7, 11) is 0. The number of amides is 1. The number of piperidine rings is 2. The molecule has 1 aromatic rings. The number of aromatic nitrogens is 2. The van der Waals surface area contributed by atoms with E-state index in [4.69, 9.17) is 0 Å². The summed E-state index contributed by atoms with van der Waals surface area (Å²) in [5, 5.41) is 6.54. The first-order valence-corrected chi connectivity index (χ1v) is 8.86. The molecular formula is C17H29Cl2N5O. The van der Waals surface area contributed by atoms with Crippen LogP contribution < -0.4 is 15.5 Å². The van der Waals surface area contributed by atoms with Crippen molar-refractivity contribution in [3.8, 4) is 0 Å². The van der Waals surface area contributed by atoms with Crippen LogP contribution in [0, 0.1) is 0 Å². The number of rotatable bonds is 4. The Morgan fingerprint density at radius 1 is 1.24 bits per heavy atom. The zero-order valence-electron chi connectivity index (χ0n) is 14.7. The van der Waals surface area contributed by atoms with E-state index in [2.05, 4.69) is 38.5 Å². The molecule has 0 aromatic carbocycles. The fraction of sp³-hybridized carbons (Fsp3) is 0.706. The second-order valence-corrected chi connectivity index (χ2v) is 6.49. The van der Waals surface area contributed by atoms with E-state index < -0.39 is 0 Å². The van der Waals surface area contributed by atoms with Crippen LogP contribution in [0.15, 0.2) is 12.4 Å². The van der Waals surface area contributed by atoms with Crippen LogP contribution in [0.1, 0.15) is 44.7 Å². The van der Waals surface area contributed by atoms with Crippen molar-refractivity contribution in [3.63, 3.8) is 0 Å². The van der Waals surface area contributed by atoms with Gasteiger partial charge in [0.25, 0.3) is 0 Å². The Morgan fingerprint density at radius 2 is 2.00 bits per heavy atom. The van der Waals surface area contributed by atoms with Gasteiger partial charge in [-0.3, -0.25) is 4.79 Å². The molecule has 2 saturated heterocycles. The molecule has 0 bridgehead atoms. The van der Waals surface area contributed by atoms with E-state index in [1.807, 2.05) is 0 Å². The lowest BCUT2D eigenvalue weighted by atomic mass is 10.0. The van der Waals surface area contributed by atoms with Gasteiger partial charge in [-0.25, -0.2) is 9.97 Å². The minimum absolute atomic E-state index is 0. The summed E-state index contributed by atoms with van der Waals surface area (Å²) >= 11 is 0. The predicted octanol–water partition coefficient (Wildman–Crippen LogP) is 2.11. The monoisotopic (exact) mass is 389 g/mol. The molecule has 0 aliphatic carbocycles. The molecule has 3 rings (SSSR count). The number of halogens is 2. The van der Waals surface area contributed by atoms with Crippen molar-refractivity contribution >= 4 is 36.5 Å². The zero-order valence-corrected chi connectivity index (χ0v) is 16.4. The highest BCUT2D eigenvalue weighted by molar-refractivity contribution is 5.85. The molecule has 0 radical (unpaired) electrons. The van der Waals surface area contributed by atoms with Gasteiger partial charge in [0.1, 0.15) is 12.1 Å². The largest absolute Gasteiger partial charge is 0.356 e. The van der Waals surface area contributed by atoms with E-state index in [0.29, 0.717) is 0 Å². The number of hydrogen-bond donors (Lipinski definition) is 2. The van der Waals surface area contributed by atoms with Gasteiger partial charge in [-0.2, -0.15) is 0 Å². The maximum atomic E-state index is 12.3. The van der Waals surface area contributed by atoms with Gasteiger partial charge < -0.3 is 15.5 Å². The second-order valence-electron chi connectivity index (χ2n) is 6.49. The molecule has 0 spiro atoms. The number of carbonyl (C=O) groups excluding carboxylic acids is 1. The summed E-state index contributed by atoms with van der Waals surface area (Å²) in [6, 6.07) is 2.37. The average Bonchev–Trinajstić information content (AvgIpc) is 2.63. The standard InChI is InChI=1S/C17H27N5O.2ClH/c1-2-13-11-16(20-12-19-13)22-9-6-14(7-10-22)21-17(23)15-5-3-4-8-18-15;;/h11-12,14-15,18H,2-10H2,1H3,(H,21,23);2*1H/t15-;;/m1../s1. The fourth-order valence-corrected chi connectivity index (χ4v) is 3.38. The first kappa shape index (κ1) is 21.9. The lowest BCUT2D eigenvalue weighted by Crippen LogP contribution is -2.52. The van der Waals surface area contributed by atoms with E-state index in [-0.39, 0.29) is 42.8 Å². The highest BCUT2D eigenvalue weighted by Gasteiger charge is 2.26. The maximum absolute atomic E-state index is 12.3. The minimum atomic E-state index is 0. The van der Waals surface area contributed by atoms with Crippen molar-refractivity contribution in [2.45, 2.75) is 57.5 Å². The van der Waals surface area contributed by atoms with E-state index in [0.717, 1.165) is 63.3 Å². The third-order valence-electron chi connectivity index (χ3n) is 4.86. The summed E-state index contributed by atoms with van der Waals surface area (Å²) in [5.41, 5.74) is 1.08. The van der Waals surface area contributed by atoms with E-state index >= 15 is 0 Å². The first-order chi connectivity index (χ1) is 11.3. The summed E-state index contributed by atoms with van der Waals surface area (Å²) < 4.78 is 0. The Bertz CT molecular complexity index is 532. The van der Waals surface area contributed by atoms with Crippen LogP contribution in [0.3, 0.4) is 0 Å². The second kappa shape index (κ2) is 10.8. The molecule has 25 heavy (non-hydrogen) atoms. The Labute approximate surface area is 162 Å². The summed E-state index contributed by atoms with van der Waals surface area (Å²) in [5.74, 6) is 1.19.